The third kappa shape index (κ3) is 18.2. The Bertz CT molecular complexity index is 5190. The molecule has 5 aliphatic rings. The number of H-pyrrole nitrogens is 1. The normalized spacial score (nSPS) is 26.2. The van der Waals surface area contributed by atoms with Crippen LogP contribution in [0.1, 0.15) is 70.3 Å². The number of nitrogens with zero attached hydrogens (tertiary/aromatic N) is 14. The first-order valence-electron chi connectivity index (χ1n) is 36.3. The van der Waals surface area contributed by atoms with Crippen molar-refractivity contribution in [1.29, 1.82) is 0 Å². The van der Waals surface area contributed by atoms with Gasteiger partial charge in [-0.2, -0.15) is 15.0 Å². The lowest BCUT2D eigenvalue weighted by molar-refractivity contribution is -0.128. The SMILES string of the molecule is Cc1cn([C@H]2CNCC(CO[P@](C)(=O)N3C[C@@H](CO[P@](C)(=O)N4C[C@@H](CO[P@](C)(=O)N5C[C@@H](CO[P@](C)(=O)C6C[C@@H](CO[Si](c7ccccc7)(c7ccccc7)C(C)(C)C)O[C@@H](n7cnc8c(N)ncnc87)C6)O[C@@H](n6ccc(N)nc6=O)C5)O[C@@H](n5ccc(N)nc5=O)C4)O[C@@H](n4ccc(N)nc4=O)C3)O2)c(=O)[nH]c1=O. The number of nitrogens with two attached hydrogens (primary N) is 4. The Balaban J connectivity index is 0.719. The van der Waals surface area contributed by atoms with Crippen LogP contribution in [0.15, 0.2) is 140 Å². The van der Waals surface area contributed by atoms with E-state index < -0.39 is 152 Å². The Morgan fingerprint density at radius 2 is 0.955 bits per heavy atom. The van der Waals surface area contributed by atoms with E-state index in [1.165, 1.54) is 92.5 Å². The van der Waals surface area contributed by atoms with E-state index in [2.05, 4.69) is 85.2 Å². The van der Waals surface area contributed by atoms with Gasteiger partial charge in [-0.05, 0) is 47.0 Å². The number of aromatic nitrogens is 12. The molecule has 0 aliphatic carbocycles. The monoisotopic (exact) mass is 1650 g/mol. The van der Waals surface area contributed by atoms with Crippen molar-refractivity contribution >= 4 is 83.1 Å². The second-order valence-corrected chi connectivity index (χ2v) is 44.0. The average Bonchev–Trinajstić information content (AvgIpc) is 0.851. The predicted molar refractivity (Wildman–Crippen MR) is 416 cm³/mol. The number of rotatable bonds is 26. The van der Waals surface area contributed by atoms with E-state index in [4.69, 9.17) is 69.1 Å². The summed E-state index contributed by atoms with van der Waals surface area (Å²) in [6.45, 7) is 11.7. The Kier molecular flexibility index (Phi) is 24.5. The van der Waals surface area contributed by atoms with Crippen molar-refractivity contribution in [2.45, 2.75) is 113 Å². The lowest BCUT2D eigenvalue weighted by atomic mass is 10.1. The van der Waals surface area contributed by atoms with E-state index in [0.717, 1.165) is 19.5 Å². The maximum atomic E-state index is 15.7. The molecule has 10 N–H and O–H groups in total. The molecule has 604 valence electrons. The second-order valence-electron chi connectivity index (χ2n) is 29.6. The zero-order valence-corrected chi connectivity index (χ0v) is 67.6. The molecule has 15 atom stereocenters. The first-order chi connectivity index (χ1) is 53.1. The van der Waals surface area contributed by atoms with Gasteiger partial charge >= 0.3 is 22.8 Å². The summed E-state index contributed by atoms with van der Waals surface area (Å²) in [7, 11) is -19.0. The fourth-order valence-electron chi connectivity index (χ4n) is 14.6. The quantitative estimate of drug-likeness (QED) is 0.0335. The Labute approximate surface area is 643 Å². The highest BCUT2D eigenvalue weighted by Crippen LogP contribution is 2.57. The minimum atomic E-state index is -4.09. The Morgan fingerprint density at radius 1 is 0.509 bits per heavy atom. The maximum Gasteiger partial charge on any atom is 0.351 e. The predicted octanol–water partition coefficient (Wildman–Crippen LogP) is 2.94. The number of anilines is 4. The highest BCUT2D eigenvalue weighted by molar-refractivity contribution is 7.59. The Morgan fingerprint density at radius 3 is 1.42 bits per heavy atom. The van der Waals surface area contributed by atoms with Gasteiger partial charge in [0.25, 0.3) is 36.4 Å². The molecule has 8 aromatic rings. The standard InChI is InChI=1S/C68H94N20O19P4Si/c1-43-29-87(67(93)80-63(43)89)56-28-73-27-45(104-56)36-99-109(6,95)82-31-47(106-58(34-82)85-23-20-53(70)78-65(85)91)38-101-111(8,97)83-32-48(107-59(35-83)86-24-21-54(71)79-66(86)92)39-100-110(7,96)81-30-46(105-57(33-81)84-22-19-52(69)77-64(84)90)37-98-108(5,94)49-25-44(103-55(26-49)88-42-76-60-61(72)74-41-75-62(60)88)40-102-112(68(2,3)4,50-15-11-9-12-16-50)51-17-13-10-14-18-51/h9-24,29,41-42,44-49,55-59,73H,25-28,30-40H2,1-8H3,(H2,69,77,90)(H2,70,78,91)(H2,71,79,92)(H2,72,74,75)(H,80,89,93)/t44-,45?,46-,47-,48-,49?,55+,56+,57+,58+,59+,108-,109-,110-,111-/m0/s1. The average molecular weight is 1650 g/mol. The molecule has 5 saturated heterocycles. The van der Waals surface area contributed by atoms with Crippen LogP contribution in [0.4, 0.5) is 23.3 Å². The maximum absolute atomic E-state index is 15.7. The van der Waals surface area contributed by atoms with Crippen molar-refractivity contribution in [2.75, 3.05) is 135 Å². The van der Waals surface area contributed by atoms with Gasteiger partial charge in [0.15, 0.2) is 36.4 Å². The molecule has 6 aromatic heterocycles. The number of nitrogens with one attached hydrogen (secondary N) is 2. The molecule has 0 spiro atoms. The summed E-state index contributed by atoms with van der Waals surface area (Å²) in [5, 5.41) is 4.90. The van der Waals surface area contributed by atoms with Crippen LogP contribution in [0.5, 0.6) is 0 Å². The number of imidazole rings is 1. The van der Waals surface area contributed by atoms with E-state index in [1.54, 1.807) is 24.5 Å². The van der Waals surface area contributed by atoms with E-state index >= 15 is 13.7 Å². The molecule has 0 amide bonds. The van der Waals surface area contributed by atoms with Gasteiger partial charge in [-0.3, -0.25) is 50.9 Å². The smallest absolute Gasteiger partial charge is 0.351 e. The molecule has 5 aliphatic heterocycles. The van der Waals surface area contributed by atoms with Crippen LogP contribution in [0, 0.1) is 6.92 Å². The van der Waals surface area contributed by atoms with E-state index in [1.807, 2.05) is 36.4 Å². The summed E-state index contributed by atoms with van der Waals surface area (Å²) in [6, 6.07) is 24.5. The topological polar surface area (TPSA) is 490 Å². The van der Waals surface area contributed by atoms with Crippen LogP contribution >= 0.6 is 29.9 Å². The van der Waals surface area contributed by atoms with Crippen molar-refractivity contribution in [3.63, 3.8) is 0 Å². The first kappa shape index (κ1) is 82.1. The zero-order chi connectivity index (χ0) is 79.8. The lowest BCUT2D eigenvalue weighted by Crippen LogP contribution is -2.67. The van der Waals surface area contributed by atoms with Crippen molar-refractivity contribution in [3.05, 3.63) is 174 Å². The molecule has 13 rings (SSSR count). The molecule has 44 heteroatoms. The van der Waals surface area contributed by atoms with E-state index in [0.29, 0.717) is 11.2 Å². The highest BCUT2D eigenvalue weighted by Gasteiger charge is 2.52. The van der Waals surface area contributed by atoms with E-state index in [-0.39, 0.29) is 114 Å². The molecule has 2 aromatic carbocycles. The van der Waals surface area contributed by atoms with Gasteiger partial charge in [-0.25, -0.2) is 48.1 Å². The number of nitrogen functional groups attached to an aromatic ring is 4. The number of ether oxygens (including phenoxy) is 5. The van der Waals surface area contributed by atoms with Gasteiger partial charge in [0.1, 0.15) is 35.5 Å². The van der Waals surface area contributed by atoms with Crippen molar-refractivity contribution < 1.29 is 64.5 Å². The largest absolute Gasteiger partial charge is 0.405 e. The molecular formula is C68H94N20O19P4Si. The Hall–Kier alpha value is -7.91. The third-order valence-electron chi connectivity index (χ3n) is 20.6. The fraction of sp³-hybridized carbons (Fsp3) is 0.515. The zero-order valence-electron chi connectivity index (χ0n) is 63.0. The van der Waals surface area contributed by atoms with Crippen LogP contribution in [0.2, 0.25) is 5.04 Å². The summed E-state index contributed by atoms with van der Waals surface area (Å²) in [4.78, 5) is 92.8. The molecule has 112 heavy (non-hydrogen) atoms. The first-order valence-corrected chi connectivity index (χ1v) is 46.4. The molecule has 0 bridgehead atoms. The van der Waals surface area contributed by atoms with Crippen molar-refractivity contribution in [2.24, 2.45) is 0 Å². The van der Waals surface area contributed by atoms with Gasteiger partial charge in [-0.15, -0.1) is 0 Å². The van der Waals surface area contributed by atoms with Gasteiger partial charge in [0.05, 0.1) is 89.5 Å². The number of hydrogen-bond donors (Lipinski definition) is 6. The number of aromatic amines is 1. The molecule has 2 unspecified atom stereocenters. The molecule has 0 radical (unpaired) electrons. The highest BCUT2D eigenvalue weighted by atomic mass is 31.2. The molecule has 11 heterocycles. The molecular weight excluding hydrogens is 1550 g/mol. The number of fused-ring (bicyclic) bond motifs is 1. The summed E-state index contributed by atoms with van der Waals surface area (Å²) >= 11 is 0. The summed E-state index contributed by atoms with van der Waals surface area (Å²) < 4.78 is 138. The summed E-state index contributed by atoms with van der Waals surface area (Å²) in [5.74, 6) is -0.0454. The van der Waals surface area contributed by atoms with E-state index in [9.17, 15) is 28.5 Å². The number of morpholine rings is 4. The minimum absolute atomic E-state index is 0.0618. The van der Waals surface area contributed by atoms with Crippen LogP contribution < -0.4 is 66.9 Å². The number of hydrogen-bond acceptors (Lipinski definition) is 30. The molecule has 39 nitrogen and oxygen atoms in total. The lowest BCUT2D eigenvalue weighted by Gasteiger charge is -2.45. The summed E-state index contributed by atoms with van der Waals surface area (Å²) in [5.41, 5.74) is 20.8. The number of aryl methyl sites for hydroxylation is 1. The number of benzene rings is 2. The van der Waals surface area contributed by atoms with Crippen molar-refractivity contribution in [1.82, 2.24) is 77.1 Å². The van der Waals surface area contributed by atoms with Gasteiger partial charge in [-0.1, -0.05) is 81.4 Å². The van der Waals surface area contributed by atoms with Crippen LogP contribution in [0.3, 0.4) is 0 Å². The van der Waals surface area contributed by atoms with Crippen LogP contribution in [-0.2, 0) is 64.5 Å². The molecule has 0 saturated carbocycles. The van der Waals surface area contributed by atoms with Gasteiger partial charge in [0, 0.05) is 102 Å². The summed E-state index contributed by atoms with van der Waals surface area (Å²) in [6.07, 6.45) is -1.07. The minimum Gasteiger partial charge on any atom is -0.405 e. The second kappa shape index (κ2) is 33.5. The van der Waals surface area contributed by atoms with Gasteiger partial charge < -0.3 is 74.5 Å². The third-order valence-corrected chi connectivity index (χ3v) is 33.9. The van der Waals surface area contributed by atoms with Crippen LogP contribution in [-0.4, -0.2) is 228 Å². The van der Waals surface area contributed by atoms with Crippen LogP contribution in [0.25, 0.3) is 11.2 Å². The fourth-order valence-corrected chi connectivity index (χ4v) is 25.7. The molecule has 5 fully saturated rings. The van der Waals surface area contributed by atoms with Crippen molar-refractivity contribution in [3.8, 4) is 0 Å². The van der Waals surface area contributed by atoms with Gasteiger partial charge in [0.2, 0.25) is 7.37 Å².